The lowest BCUT2D eigenvalue weighted by Gasteiger charge is -2.27. The number of carbonyl (C=O) groups is 2. The summed E-state index contributed by atoms with van der Waals surface area (Å²) in [6, 6.07) is 13.4. The van der Waals surface area contributed by atoms with Crippen molar-refractivity contribution in [3.8, 4) is 11.5 Å². The van der Waals surface area contributed by atoms with Crippen molar-refractivity contribution in [1.29, 1.82) is 0 Å². The average Bonchev–Trinajstić information content (AvgIpc) is 3.06. The Hall–Kier alpha value is -3.32. The van der Waals surface area contributed by atoms with Crippen LogP contribution in [-0.2, 0) is 9.59 Å². The molecule has 1 atom stereocenters. The summed E-state index contributed by atoms with van der Waals surface area (Å²) in [5.74, 6) is -0.228. The van der Waals surface area contributed by atoms with Gasteiger partial charge in [-0.25, -0.2) is 0 Å². The number of benzene rings is 2. The first-order chi connectivity index (χ1) is 15.4. The highest BCUT2D eigenvalue weighted by atomic mass is 16.5. The molecule has 0 aromatic heterocycles. The molecular formula is C25H30N2O5. The van der Waals surface area contributed by atoms with E-state index in [-0.39, 0.29) is 11.3 Å². The van der Waals surface area contributed by atoms with Crippen molar-refractivity contribution in [2.24, 2.45) is 0 Å². The Morgan fingerprint density at radius 2 is 1.81 bits per heavy atom. The van der Waals surface area contributed by atoms with E-state index in [0.717, 1.165) is 6.42 Å². The van der Waals surface area contributed by atoms with Crippen LogP contribution in [0.4, 0.5) is 0 Å². The first kappa shape index (κ1) is 23.3. The zero-order chi connectivity index (χ0) is 23.3. The molecule has 1 aliphatic heterocycles. The smallest absolute Gasteiger partial charge is 0.295 e. The van der Waals surface area contributed by atoms with Gasteiger partial charge < -0.3 is 24.4 Å². The quantitative estimate of drug-likeness (QED) is 0.367. The van der Waals surface area contributed by atoms with Crippen LogP contribution in [0, 0.1) is 0 Å². The maximum atomic E-state index is 13.1. The van der Waals surface area contributed by atoms with E-state index in [0.29, 0.717) is 42.3 Å². The van der Waals surface area contributed by atoms with Gasteiger partial charge in [-0.05, 0) is 62.5 Å². The summed E-state index contributed by atoms with van der Waals surface area (Å²) in [5, 5.41) is 11.1. The molecule has 0 aliphatic carbocycles. The maximum absolute atomic E-state index is 13.1. The van der Waals surface area contributed by atoms with Crippen LogP contribution in [0.3, 0.4) is 0 Å². The van der Waals surface area contributed by atoms with Gasteiger partial charge in [-0.15, -0.1) is 0 Å². The zero-order valence-electron chi connectivity index (χ0n) is 19.0. The number of rotatable bonds is 9. The lowest BCUT2D eigenvalue weighted by Crippen LogP contribution is -2.35. The second kappa shape index (κ2) is 10.3. The maximum Gasteiger partial charge on any atom is 0.295 e. The van der Waals surface area contributed by atoms with Gasteiger partial charge in [-0.3, -0.25) is 9.59 Å². The molecule has 0 spiro atoms. The van der Waals surface area contributed by atoms with Gasteiger partial charge in [0.1, 0.15) is 17.3 Å². The number of ketones is 1. The minimum atomic E-state index is -0.706. The number of amides is 1. The topological polar surface area (TPSA) is 79.3 Å². The first-order valence-corrected chi connectivity index (χ1v) is 10.7. The van der Waals surface area contributed by atoms with Crippen LogP contribution in [0.5, 0.6) is 11.5 Å². The van der Waals surface area contributed by atoms with Gasteiger partial charge in [0.25, 0.3) is 11.7 Å². The summed E-state index contributed by atoms with van der Waals surface area (Å²) < 4.78 is 10.9. The molecule has 1 amide bonds. The molecule has 7 nitrogen and oxygen atoms in total. The molecule has 0 bridgehead atoms. The number of hydrogen-bond donors (Lipinski definition) is 1. The van der Waals surface area contributed by atoms with Crippen molar-refractivity contribution in [2.45, 2.75) is 19.4 Å². The predicted molar refractivity (Wildman–Crippen MR) is 123 cm³/mol. The van der Waals surface area contributed by atoms with Crippen molar-refractivity contribution in [3.05, 3.63) is 65.2 Å². The number of aliphatic hydroxyl groups is 1. The molecular weight excluding hydrogens is 408 g/mol. The van der Waals surface area contributed by atoms with Crippen LogP contribution in [0.1, 0.15) is 30.5 Å². The molecule has 0 saturated carbocycles. The minimum absolute atomic E-state index is 0.0755. The lowest BCUT2D eigenvalue weighted by molar-refractivity contribution is -0.140. The van der Waals surface area contributed by atoms with Gasteiger partial charge in [0.15, 0.2) is 0 Å². The summed E-state index contributed by atoms with van der Waals surface area (Å²) in [5.41, 5.74) is 1.23. The fraction of sp³-hybridized carbons (Fsp3) is 0.360. The number of methoxy groups -OCH3 is 1. The van der Waals surface area contributed by atoms with Crippen molar-refractivity contribution in [1.82, 2.24) is 9.80 Å². The Morgan fingerprint density at radius 1 is 1.09 bits per heavy atom. The molecule has 32 heavy (non-hydrogen) atoms. The van der Waals surface area contributed by atoms with Crippen LogP contribution in [0.25, 0.3) is 5.76 Å². The van der Waals surface area contributed by atoms with Gasteiger partial charge >= 0.3 is 0 Å². The van der Waals surface area contributed by atoms with E-state index in [1.165, 1.54) is 4.90 Å². The zero-order valence-corrected chi connectivity index (χ0v) is 19.0. The highest BCUT2D eigenvalue weighted by Gasteiger charge is 2.46. The van der Waals surface area contributed by atoms with E-state index in [4.69, 9.17) is 9.47 Å². The Morgan fingerprint density at radius 3 is 2.44 bits per heavy atom. The molecule has 1 saturated heterocycles. The van der Waals surface area contributed by atoms with Crippen molar-refractivity contribution >= 4 is 17.4 Å². The van der Waals surface area contributed by atoms with Crippen LogP contribution in [0.15, 0.2) is 54.1 Å². The molecule has 0 radical (unpaired) electrons. The molecule has 1 heterocycles. The van der Waals surface area contributed by atoms with E-state index in [1.807, 2.05) is 50.2 Å². The number of hydrogen-bond acceptors (Lipinski definition) is 6. The van der Waals surface area contributed by atoms with Crippen LogP contribution in [0.2, 0.25) is 0 Å². The summed E-state index contributed by atoms with van der Waals surface area (Å²) in [4.78, 5) is 29.5. The monoisotopic (exact) mass is 438 g/mol. The number of nitrogens with zero attached hydrogens (tertiary/aromatic N) is 2. The SMILES string of the molecule is CCCOc1cccc([C@@H]2/C(=C(/O)c3ccc(OC)cc3)C(=O)C(=O)N2CCN(C)C)c1. The molecule has 2 aromatic rings. The number of likely N-dealkylation sites (tertiary alicyclic amines) is 1. The van der Waals surface area contributed by atoms with Crippen molar-refractivity contribution in [2.75, 3.05) is 40.9 Å². The first-order valence-electron chi connectivity index (χ1n) is 10.7. The van der Waals surface area contributed by atoms with E-state index >= 15 is 0 Å². The van der Waals surface area contributed by atoms with Crippen LogP contribution < -0.4 is 9.47 Å². The summed E-state index contributed by atoms with van der Waals surface area (Å²) in [6.07, 6.45) is 0.864. The average molecular weight is 439 g/mol. The third kappa shape index (κ3) is 4.94. The van der Waals surface area contributed by atoms with E-state index < -0.39 is 17.7 Å². The third-order valence-electron chi connectivity index (χ3n) is 5.34. The van der Waals surface area contributed by atoms with Gasteiger partial charge in [0, 0.05) is 18.7 Å². The highest BCUT2D eigenvalue weighted by molar-refractivity contribution is 6.46. The summed E-state index contributed by atoms with van der Waals surface area (Å²) in [6.45, 7) is 3.52. The Kier molecular flexibility index (Phi) is 7.53. The summed E-state index contributed by atoms with van der Waals surface area (Å²) >= 11 is 0. The summed E-state index contributed by atoms with van der Waals surface area (Å²) in [7, 11) is 5.36. The van der Waals surface area contributed by atoms with Crippen LogP contribution >= 0.6 is 0 Å². The Bertz CT molecular complexity index is 998. The van der Waals surface area contributed by atoms with Gasteiger partial charge in [-0.1, -0.05) is 19.1 Å². The third-order valence-corrected chi connectivity index (χ3v) is 5.34. The number of Topliss-reactive ketones (excluding diaryl/α,β-unsaturated/α-hetero) is 1. The molecule has 1 fully saturated rings. The van der Waals surface area contributed by atoms with Gasteiger partial charge in [0.05, 0.1) is 25.3 Å². The molecule has 1 aliphatic rings. The number of aliphatic hydroxyl groups excluding tert-OH is 1. The molecule has 170 valence electrons. The minimum Gasteiger partial charge on any atom is -0.507 e. The Labute approximate surface area is 188 Å². The standard InChI is InChI=1S/C25H30N2O5/c1-5-15-32-20-8-6-7-18(16-20)22-21(23(28)17-9-11-19(31-4)12-10-17)24(29)25(30)27(22)14-13-26(2)3/h6-12,16,22,28H,5,13-15H2,1-4H3/b23-21-/t22-/m1/s1. The molecule has 1 N–H and O–H groups in total. The second-order valence-corrected chi connectivity index (χ2v) is 7.95. The number of carbonyl (C=O) groups excluding carboxylic acids is 2. The normalized spacial score (nSPS) is 17.8. The largest absolute Gasteiger partial charge is 0.507 e. The van der Waals surface area contributed by atoms with E-state index in [1.54, 1.807) is 31.4 Å². The lowest BCUT2D eigenvalue weighted by atomic mass is 9.95. The van der Waals surface area contributed by atoms with E-state index in [2.05, 4.69) is 0 Å². The van der Waals surface area contributed by atoms with Crippen molar-refractivity contribution < 1.29 is 24.2 Å². The second-order valence-electron chi connectivity index (χ2n) is 7.95. The predicted octanol–water partition coefficient (Wildman–Crippen LogP) is 3.47. The Balaban J connectivity index is 2.10. The van der Waals surface area contributed by atoms with Gasteiger partial charge in [0.2, 0.25) is 0 Å². The van der Waals surface area contributed by atoms with Gasteiger partial charge in [-0.2, -0.15) is 0 Å². The molecule has 3 rings (SSSR count). The van der Waals surface area contributed by atoms with Crippen LogP contribution in [-0.4, -0.2) is 67.5 Å². The molecule has 0 unspecified atom stereocenters. The molecule has 2 aromatic carbocycles. The number of likely N-dealkylation sites (N-methyl/N-ethyl adjacent to an activating group) is 1. The fourth-order valence-electron chi connectivity index (χ4n) is 3.66. The number of ether oxygens (including phenoxy) is 2. The molecule has 7 heteroatoms. The fourth-order valence-corrected chi connectivity index (χ4v) is 3.66. The van der Waals surface area contributed by atoms with E-state index in [9.17, 15) is 14.7 Å². The highest BCUT2D eigenvalue weighted by Crippen LogP contribution is 2.40. The van der Waals surface area contributed by atoms with Crippen molar-refractivity contribution in [3.63, 3.8) is 0 Å².